The molecular formula is C55H99NO3. The number of allylic oxidation sites excluding steroid dienone is 11. The van der Waals surface area contributed by atoms with Gasteiger partial charge in [0, 0.05) is 6.42 Å². The van der Waals surface area contributed by atoms with E-state index >= 15 is 0 Å². The van der Waals surface area contributed by atoms with E-state index in [1.807, 2.05) is 6.08 Å². The van der Waals surface area contributed by atoms with Gasteiger partial charge in [0.2, 0.25) is 5.91 Å². The number of rotatable bonds is 46. The van der Waals surface area contributed by atoms with E-state index in [4.69, 9.17) is 0 Å². The van der Waals surface area contributed by atoms with Crippen LogP contribution in [0.4, 0.5) is 0 Å². The van der Waals surface area contributed by atoms with Crippen molar-refractivity contribution in [3.63, 3.8) is 0 Å². The molecule has 0 saturated heterocycles. The lowest BCUT2D eigenvalue weighted by atomic mass is 10.0. The topological polar surface area (TPSA) is 69.6 Å². The van der Waals surface area contributed by atoms with Gasteiger partial charge in [-0.1, -0.05) is 254 Å². The van der Waals surface area contributed by atoms with Crippen molar-refractivity contribution in [1.82, 2.24) is 5.32 Å². The Kier molecular flexibility index (Phi) is 48.3. The first-order valence-corrected chi connectivity index (χ1v) is 25.7. The zero-order valence-corrected chi connectivity index (χ0v) is 39.3. The lowest BCUT2D eigenvalue weighted by Crippen LogP contribution is -2.45. The van der Waals surface area contributed by atoms with Crippen molar-refractivity contribution in [2.75, 3.05) is 6.61 Å². The van der Waals surface area contributed by atoms with E-state index < -0.39 is 12.1 Å². The number of carbonyl (C=O) groups is 1. The van der Waals surface area contributed by atoms with Crippen LogP contribution in [0.1, 0.15) is 251 Å². The van der Waals surface area contributed by atoms with Crippen molar-refractivity contribution in [3.8, 4) is 0 Å². The van der Waals surface area contributed by atoms with Gasteiger partial charge >= 0.3 is 0 Å². The lowest BCUT2D eigenvalue weighted by Gasteiger charge is -2.20. The second kappa shape index (κ2) is 50.2. The molecule has 0 aromatic carbocycles. The molecule has 0 saturated carbocycles. The first-order chi connectivity index (χ1) is 29.2. The standard InChI is InChI=1S/C55H99NO3/c1-3-5-7-9-11-13-14-15-16-17-18-19-20-21-22-23-24-25-26-27-28-29-30-31-32-33-34-35-36-37-38-39-40-41-42-43-45-47-49-51-55(59)56-53(52-57)54(58)50-48-46-44-12-10-8-6-4-2/h5,7,11,13,15-16,18-19,21-22,48,50,53-54,57-58H,3-4,6,8-10,12,14,17,20,23-47,49,51-52H2,1-2H3,(H,56,59)/b7-5-,13-11-,16-15-,19-18-,22-21-,50-48+. The molecule has 0 spiro atoms. The molecule has 0 radical (unpaired) electrons. The Morgan fingerprint density at radius 3 is 1.12 bits per heavy atom. The number of nitrogens with one attached hydrogen (secondary N) is 1. The van der Waals surface area contributed by atoms with Gasteiger partial charge in [-0.05, 0) is 64.2 Å². The van der Waals surface area contributed by atoms with E-state index in [9.17, 15) is 15.0 Å². The minimum absolute atomic E-state index is 0.0658. The molecule has 2 atom stereocenters. The van der Waals surface area contributed by atoms with Crippen molar-refractivity contribution < 1.29 is 15.0 Å². The second-order valence-corrected chi connectivity index (χ2v) is 17.2. The number of amides is 1. The van der Waals surface area contributed by atoms with Crippen molar-refractivity contribution in [2.45, 2.75) is 264 Å². The fourth-order valence-corrected chi connectivity index (χ4v) is 7.56. The van der Waals surface area contributed by atoms with Crippen LogP contribution >= 0.6 is 0 Å². The largest absolute Gasteiger partial charge is 0.394 e. The summed E-state index contributed by atoms with van der Waals surface area (Å²) in [4.78, 5) is 12.3. The molecule has 0 aromatic rings. The highest BCUT2D eigenvalue weighted by molar-refractivity contribution is 5.76. The van der Waals surface area contributed by atoms with E-state index in [0.29, 0.717) is 6.42 Å². The predicted molar refractivity (Wildman–Crippen MR) is 262 cm³/mol. The van der Waals surface area contributed by atoms with Crippen LogP contribution in [0.2, 0.25) is 0 Å². The van der Waals surface area contributed by atoms with Crippen LogP contribution < -0.4 is 5.32 Å². The van der Waals surface area contributed by atoms with Crippen molar-refractivity contribution >= 4 is 5.91 Å². The first-order valence-electron chi connectivity index (χ1n) is 25.7. The average Bonchev–Trinajstić information content (AvgIpc) is 3.24. The first kappa shape index (κ1) is 56.8. The number of hydrogen-bond donors (Lipinski definition) is 3. The highest BCUT2D eigenvalue weighted by Crippen LogP contribution is 2.16. The molecule has 0 aliphatic rings. The van der Waals surface area contributed by atoms with Crippen LogP contribution in [-0.4, -0.2) is 34.9 Å². The van der Waals surface area contributed by atoms with Gasteiger partial charge in [0.25, 0.3) is 0 Å². The maximum atomic E-state index is 12.3. The molecule has 0 heterocycles. The van der Waals surface area contributed by atoms with Gasteiger partial charge < -0.3 is 15.5 Å². The molecule has 0 aliphatic heterocycles. The molecule has 4 heteroatoms. The van der Waals surface area contributed by atoms with Gasteiger partial charge in [-0.3, -0.25) is 4.79 Å². The number of unbranched alkanes of at least 4 members (excludes halogenated alkanes) is 29. The van der Waals surface area contributed by atoms with Crippen LogP contribution in [0.5, 0.6) is 0 Å². The number of carbonyl (C=O) groups excluding carboxylic acids is 1. The van der Waals surface area contributed by atoms with Crippen LogP contribution in [0.15, 0.2) is 72.9 Å². The summed E-state index contributed by atoms with van der Waals surface area (Å²) < 4.78 is 0. The molecule has 2 unspecified atom stereocenters. The van der Waals surface area contributed by atoms with E-state index in [1.54, 1.807) is 6.08 Å². The van der Waals surface area contributed by atoms with E-state index in [1.165, 1.54) is 173 Å². The third-order valence-corrected chi connectivity index (χ3v) is 11.4. The van der Waals surface area contributed by atoms with Crippen LogP contribution in [0.3, 0.4) is 0 Å². The Labute approximate surface area is 368 Å². The summed E-state index contributed by atoms with van der Waals surface area (Å²) in [5, 5.41) is 22.9. The van der Waals surface area contributed by atoms with Gasteiger partial charge in [-0.15, -0.1) is 0 Å². The summed E-state index contributed by atoms with van der Waals surface area (Å²) in [6.07, 6.45) is 72.2. The Morgan fingerprint density at radius 1 is 0.424 bits per heavy atom. The fourth-order valence-electron chi connectivity index (χ4n) is 7.56. The quantitative estimate of drug-likeness (QED) is 0.0423. The van der Waals surface area contributed by atoms with Gasteiger partial charge in [-0.25, -0.2) is 0 Å². The maximum absolute atomic E-state index is 12.3. The summed E-state index contributed by atoms with van der Waals surface area (Å²) in [7, 11) is 0. The van der Waals surface area contributed by atoms with Crippen molar-refractivity contribution in [2.24, 2.45) is 0 Å². The molecule has 3 N–H and O–H groups in total. The minimum Gasteiger partial charge on any atom is -0.394 e. The zero-order valence-electron chi connectivity index (χ0n) is 39.3. The molecule has 0 aliphatic carbocycles. The van der Waals surface area contributed by atoms with E-state index in [-0.39, 0.29) is 12.5 Å². The second-order valence-electron chi connectivity index (χ2n) is 17.2. The molecule has 4 nitrogen and oxygen atoms in total. The molecule has 59 heavy (non-hydrogen) atoms. The third kappa shape index (κ3) is 46.7. The summed E-state index contributed by atoms with van der Waals surface area (Å²) in [5.74, 6) is -0.0658. The highest BCUT2D eigenvalue weighted by atomic mass is 16.3. The summed E-state index contributed by atoms with van der Waals surface area (Å²) in [6, 6.07) is -0.619. The third-order valence-electron chi connectivity index (χ3n) is 11.4. The Balaban J connectivity index is 3.38. The minimum atomic E-state index is -0.836. The predicted octanol–water partition coefficient (Wildman–Crippen LogP) is 16.6. The summed E-state index contributed by atoms with van der Waals surface area (Å²) in [6.45, 7) is 4.16. The Hall–Kier alpha value is -2.17. The Morgan fingerprint density at radius 2 is 0.746 bits per heavy atom. The monoisotopic (exact) mass is 822 g/mol. The van der Waals surface area contributed by atoms with E-state index in [0.717, 1.165) is 57.8 Å². The normalized spacial score (nSPS) is 13.5. The van der Waals surface area contributed by atoms with Crippen LogP contribution in [0, 0.1) is 0 Å². The molecule has 0 aromatic heterocycles. The lowest BCUT2D eigenvalue weighted by molar-refractivity contribution is -0.123. The van der Waals surface area contributed by atoms with Gasteiger partial charge in [-0.2, -0.15) is 0 Å². The molecule has 0 fully saturated rings. The van der Waals surface area contributed by atoms with Crippen molar-refractivity contribution in [1.29, 1.82) is 0 Å². The fraction of sp³-hybridized carbons (Fsp3) is 0.764. The SMILES string of the molecule is CC/C=C\C/C=C\C/C=C\C/C=C\C/C=C\CCCCCCCCCCCCCCCCCCCCCCCCCC(=O)NC(CO)C(O)/C=C/CCCCCCCC. The molecule has 0 bridgehead atoms. The Bertz CT molecular complexity index is 1020. The number of aliphatic hydroxyl groups excluding tert-OH is 2. The molecule has 342 valence electrons. The van der Waals surface area contributed by atoms with E-state index in [2.05, 4.69) is 79.9 Å². The van der Waals surface area contributed by atoms with Crippen molar-refractivity contribution in [3.05, 3.63) is 72.9 Å². The maximum Gasteiger partial charge on any atom is 0.220 e. The van der Waals surface area contributed by atoms with Crippen LogP contribution in [-0.2, 0) is 4.79 Å². The smallest absolute Gasteiger partial charge is 0.220 e. The van der Waals surface area contributed by atoms with Gasteiger partial charge in [0.15, 0.2) is 0 Å². The number of hydrogen-bond acceptors (Lipinski definition) is 3. The summed E-state index contributed by atoms with van der Waals surface area (Å²) in [5.41, 5.74) is 0. The molecule has 0 rings (SSSR count). The zero-order chi connectivity index (χ0) is 42.8. The average molecular weight is 822 g/mol. The number of aliphatic hydroxyl groups is 2. The van der Waals surface area contributed by atoms with Gasteiger partial charge in [0.1, 0.15) is 0 Å². The van der Waals surface area contributed by atoms with Gasteiger partial charge in [0.05, 0.1) is 18.8 Å². The highest BCUT2D eigenvalue weighted by Gasteiger charge is 2.18. The molecule has 1 amide bonds. The summed E-state index contributed by atoms with van der Waals surface area (Å²) >= 11 is 0. The molecular weight excluding hydrogens is 723 g/mol. The van der Waals surface area contributed by atoms with Crippen LogP contribution in [0.25, 0.3) is 0 Å².